The molecule has 0 aliphatic heterocycles. The van der Waals surface area contributed by atoms with Gasteiger partial charge in [-0.05, 0) is 44.2 Å². The first-order valence-corrected chi connectivity index (χ1v) is 7.89. The normalized spacial score (nSPS) is 12.0. The van der Waals surface area contributed by atoms with Gasteiger partial charge in [-0.3, -0.25) is 4.79 Å². The lowest BCUT2D eigenvalue weighted by Crippen LogP contribution is -2.26. The second-order valence-electron chi connectivity index (χ2n) is 4.68. The lowest BCUT2D eigenvalue weighted by Gasteiger charge is -2.13. The van der Waals surface area contributed by atoms with E-state index in [1.54, 1.807) is 17.4 Å². The van der Waals surface area contributed by atoms with Gasteiger partial charge in [0, 0.05) is 19.8 Å². The zero-order valence-corrected chi connectivity index (χ0v) is 13.9. The van der Waals surface area contributed by atoms with Gasteiger partial charge in [0.2, 0.25) is 0 Å². The molecule has 2 aromatic rings. The fourth-order valence-electron chi connectivity index (χ4n) is 1.88. The van der Waals surface area contributed by atoms with Crippen molar-refractivity contribution in [1.82, 2.24) is 5.32 Å². The molecule has 2 rings (SSSR count). The van der Waals surface area contributed by atoms with Crippen molar-refractivity contribution in [3.05, 3.63) is 55.7 Å². The van der Waals surface area contributed by atoms with Crippen molar-refractivity contribution in [3.63, 3.8) is 0 Å². The van der Waals surface area contributed by atoms with E-state index < -0.39 is 5.97 Å². The van der Waals surface area contributed by atoms with Crippen molar-refractivity contribution >= 4 is 39.1 Å². The van der Waals surface area contributed by atoms with Crippen LogP contribution in [0.5, 0.6) is 0 Å². The van der Waals surface area contributed by atoms with Crippen molar-refractivity contribution in [2.75, 3.05) is 0 Å². The average molecular weight is 368 g/mol. The minimum absolute atomic E-state index is 0.0779. The minimum Gasteiger partial charge on any atom is -0.478 e. The highest BCUT2D eigenvalue weighted by Crippen LogP contribution is 2.23. The molecule has 1 aromatic carbocycles. The molecule has 0 spiro atoms. The van der Waals surface area contributed by atoms with Crippen LogP contribution in [0.15, 0.2) is 34.8 Å². The van der Waals surface area contributed by atoms with Crippen LogP contribution < -0.4 is 5.32 Å². The smallest absolute Gasteiger partial charge is 0.335 e. The summed E-state index contributed by atoms with van der Waals surface area (Å²) in [5.74, 6) is -1.36. The fourth-order valence-corrected chi connectivity index (χ4v) is 3.25. The standard InChI is InChI=1S/C15H14BrNO3S/c1-8-3-4-13(21-8)9(2)17-14(18)10-5-11(15(19)20)7-12(16)6-10/h3-7,9H,1-2H3,(H,17,18)(H,19,20). The number of aryl methyl sites for hydroxylation is 1. The van der Waals surface area contributed by atoms with E-state index in [0.29, 0.717) is 10.0 Å². The van der Waals surface area contributed by atoms with Crippen LogP contribution in [-0.4, -0.2) is 17.0 Å². The number of carbonyl (C=O) groups is 2. The number of nitrogens with one attached hydrogen (secondary N) is 1. The zero-order chi connectivity index (χ0) is 15.6. The van der Waals surface area contributed by atoms with Crippen LogP contribution in [0.1, 0.15) is 43.4 Å². The molecule has 21 heavy (non-hydrogen) atoms. The van der Waals surface area contributed by atoms with Gasteiger partial charge >= 0.3 is 5.97 Å². The van der Waals surface area contributed by atoms with Gasteiger partial charge in [-0.15, -0.1) is 11.3 Å². The largest absolute Gasteiger partial charge is 0.478 e. The van der Waals surface area contributed by atoms with Gasteiger partial charge < -0.3 is 10.4 Å². The number of hydrogen-bond donors (Lipinski definition) is 2. The third kappa shape index (κ3) is 3.92. The second-order valence-corrected chi connectivity index (χ2v) is 6.91. The summed E-state index contributed by atoms with van der Waals surface area (Å²) >= 11 is 4.85. The molecule has 0 saturated carbocycles. The number of carboxylic acids is 1. The van der Waals surface area contributed by atoms with Crippen LogP contribution in [0, 0.1) is 6.92 Å². The van der Waals surface area contributed by atoms with Gasteiger partial charge in [0.1, 0.15) is 0 Å². The number of thiophene rings is 1. The molecule has 4 nitrogen and oxygen atoms in total. The summed E-state index contributed by atoms with van der Waals surface area (Å²) in [5.41, 5.74) is 0.399. The molecule has 0 aliphatic rings. The Morgan fingerprint density at radius 1 is 1.24 bits per heavy atom. The third-order valence-corrected chi connectivity index (χ3v) is 4.58. The first-order valence-electron chi connectivity index (χ1n) is 6.28. The third-order valence-electron chi connectivity index (χ3n) is 2.94. The molecule has 0 fully saturated rings. The molecule has 1 heterocycles. The molecule has 0 radical (unpaired) electrons. The Balaban J connectivity index is 2.18. The van der Waals surface area contributed by atoms with Gasteiger partial charge in [-0.1, -0.05) is 15.9 Å². The van der Waals surface area contributed by atoms with E-state index in [9.17, 15) is 9.59 Å². The Morgan fingerprint density at radius 2 is 1.90 bits per heavy atom. The van der Waals surface area contributed by atoms with Crippen LogP contribution in [-0.2, 0) is 0 Å². The maximum atomic E-state index is 12.2. The summed E-state index contributed by atoms with van der Waals surface area (Å²) in [6.07, 6.45) is 0. The van der Waals surface area contributed by atoms with Crippen LogP contribution in [0.3, 0.4) is 0 Å². The number of benzene rings is 1. The molecular formula is C15H14BrNO3S. The lowest BCUT2D eigenvalue weighted by atomic mass is 10.1. The Labute approximate surface area is 134 Å². The number of hydrogen-bond acceptors (Lipinski definition) is 3. The molecule has 1 amide bonds. The highest BCUT2D eigenvalue weighted by molar-refractivity contribution is 9.10. The SMILES string of the molecule is Cc1ccc(C(C)NC(=O)c2cc(Br)cc(C(=O)O)c2)s1. The summed E-state index contributed by atoms with van der Waals surface area (Å²) in [6, 6.07) is 8.30. The van der Waals surface area contributed by atoms with E-state index in [4.69, 9.17) is 5.11 Å². The first kappa shape index (κ1) is 15.7. The quantitative estimate of drug-likeness (QED) is 0.857. The van der Waals surface area contributed by atoms with Gasteiger partial charge in [-0.2, -0.15) is 0 Å². The monoisotopic (exact) mass is 367 g/mol. The van der Waals surface area contributed by atoms with Gasteiger partial charge in [0.25, 0.3) is 5.91 Å². The fraction of sp³-hybridized carbons (Fsp3) is 0.200. The predicted molar refractivity (Wildman–Crippen MR) is 86.0 cm³/mol. The second kappa shape index (κ2) is 6.41. The van der Waals surface area contributed by atoms with E-state index in [0.717, 1.165) is 4.88 Å². The Morgan fingerprint density at radius 3 is 2.48 bits per heavy atom. The summed E-state index contributed by atoms with van der Waals surface area (Å²) < 4.78 is 0.562. The molecule has 2 N–H and O–H groups in total. The number of rotatable bonds is 4. The van der Waals surface area contributed by atoms with Gasteiger partial charge in [-0.25, -0.2) is 4.79 Å². The van der Waals surface area contributed by atoms with E-state index in [-0.39, 0.29) is 17.5 Å². The number of amides is 1. The van der Waals surface area contributed by atoms with Crippen molar-refractivity contribution in [1.29, 1.82) is 0 Å². The number of aromatic carboxylic acids is 1. The molecular weight excluding hydrogens is 354 g/mol. The van der Waals surface area contributed by atoms with Gasteiger partial charge in [0.05, 0.1) is 11.6 Å². The molecule has 1 aromatic heterocycles. The summed E-state index contributed by atoms with van der Waals surface area (Å²) in [4.78, 5) is 25.5. The summed E-state index contributed by atoms with van der Waals surface area (Å²) in [7, 11) is 0. The van der Waals surface area contributed by atoms with E-state index in [1.807, 2.05) is 26.0 Å². The highest BCUT2D eigenvalue weighted by atomic mass is 79.9. The summed E-state index contributed by atoms with van der Waals surface area (Å²) in [6.45, 7) is 3.91. The molecule has 6 heteroatoms. The molecule has 0 bridgehead atoms. The zero-order valence-electron chi connectivity index (χ0n) is 11.5. The number of carboxylic acid groups (broad SMARTS) is 1. The van der Waals surface area contributed by atoms with Gasteiger partial charge in [0.15, 0.2) is 0 Å². The summed E-state index contributed by atoms with van der Waals surface area (Å²) in [5, 5.41) is 11.9. The molecule has 1 unspecified atom stereocenters. The van der Waals surface area contributed by atoms with Crippen molar-refractivity contribution < 1.29 is 14.7 Å². The lowest BCUT2D eigenvalue weighted by molar-refractivity contribution is 0.0697. The Kier molecular flexibility index (Phi) is 4.80. The molecule has 0 aliphatic carbocycles. The molecule has 110 valence electrons. The Bertz CT molecular complexity index is 696. The van der Waals surface area contributed by atoms with Crippen LogP contribution >= 0.6 is 27.3 Å². The first-order chi connectivity index (χ1) is 9.86. The minimum atomic E-state index is -1.06. The van der Waals surface area contributed by atoms with Crippen LogP contribution in [0.2, 0.25) is 0 Å². The maximum Gasteiger partial charge on any atom is 0.335 e. The number of halogens is 1. The Hall–Kier alpha value is -1.66. The topological polar surface area (TPSA) is 66.4 Å². The van der Waals surface area contributed by atoms with Crippen molar-refractivity contribution in [2.24, 2.45) is 0 Å². The van der Waals surface area contributed by atoms with Crippen LogP contribution in [0.4, 0.5) is 0 Å². The van der Waals surface area contributed by atoms with E-state index in [2.05, 4.69) is 21.2 Å². The number of carbonyl (C=O) groups excluding carboxylic acids is 1. The van der Waals surface area contributed by atoms with Crippen LogP contribution in [0.25, 0.3) is 0 Å². The average Bonchev–Trinajstić information content (AvgIpc) is 2.84. The predicted octanol–water partition coefficient (Wildman–Crippen LogP) is 4.01. The van der Waals surface area contributed by atoms with E-state index in [1.165, 1.54) is 17.0 Å². The molecule has 0 saturated heterocycles. The maximum absolute atomic E-state index is 12.2. The van der Waals surface area contributed by atoms with Crippen molar-refractivity contribution in [3.8, 4) is 0 Å². The van der Waals surface area contributed by atoms with Crippen molar-refractivity contribution in [2.45, 2.75) is 19.9 Å². The molecule has 1 atom stereocenters. The highest BCUT2D eigenvalue weighted by Gasteiger charge is 2.15. The van der Waals surface area contributed by atoms with E-state index >= 15 is 0 Å².